The number of benzene rings is 1. The molecule has 240 valence electrons. The number of esters is 1. The van der Waals surface area contributed by atoms with Gasteiger partial charge in [-0.3, -0.25) is 4.79 Å². The quantitative estimate of drug-likeness (QED) is 0.204. The molecule has 1 aromatic rings. The summed E-state index contributed by atoms with van der Waals surface area (Å²) in [5, 5.41) is 20.2. The summed E-state index contributed by atoms with van der Waals surface area (Å²) >= 11 is 0. The van der Waals surface area contributed by atoms with Gasteiger partial charge < -0.3 is 14.9 Å². The van der Waals surface area contributed by atoms with Crippen LogP contribution < -0.4 is 0 Å². The summed E-state index contributed by atoms with van der Waals surface area (Å²) in [4.78, 5) is 26.0. The highest BCUT2D eigenvalue weighted by atomic mass is 16.5. The molecule has 4 saturated carbocycles. The maximum Gasteiger partial charge on any atom is 0.331 e. The summed E-state index contributed by atoms with van der Waals surface area (Å²) in [5.41, 5.74) is 1.81. The normalized spacial score (nSPS) is 44.4. The van der Waals surface area contributed by atoms with E-state index in [0.29, 0.717) is 23.7 Å². The van der Waals surface area contributed by atoms with Crippen molar-refractivity contribution in [3.63, 3.8) is 0 Å². The van der Waals surface area contributed by atoms with Crippen molar-refractivity contribution in [2.45, 2.75) is 112 Å². The maximum atomic E-state index is 13.0. The number of fused-ring (bicyclic) bond motifs is 7. The van der Waals surface area contributed by atoms with Crippen LogP contribution in [0.15, 0.2) is 42.0 Å². The molecular formula is C39H54O5. The predicted octanol–water partition coefficient (Wildman–Crippen LogP) is 9.06. The lowest BCUT2D eigenvalue weighted by atomic mass is 9.33. The highest BCUT2D eigenvalue weighted by molar-refractivity contribution is 5.87. The van der Waals surface area contributed by atoms with E-state index in [2.05, 4.69) is 54.5 Å². The number of phenolic OH excluding ortho intramolecular Hbond substituents is 1. The molecule has 5 aliphatic carbocycles. The van der Waals surface area contributed by atoms with Crippen LogP contribution in [-0.4, -0.2) is 28.3 Å². The summed E-state index contributed by atoms with van der Waals surface area (Å²) in [7, 11) is 0. The third-order valence-corrected chi connectivity index (χ3v) is 14.9. The minimum Gasteiger partial charge on any atom is -0.508 e. The van der Waals surface area contributed by atoms with Gasteiger partial charge in [0.05, 0.1) is 5.41 Å². The summed E-state index contributed by atoms with van der Waals surface area (Å²) in [6.45, 7) is 16.9. The van der Waals surface area contributed by atoms with E-state index in [9.17, 15) is 19.8 Å². The first kappa shape index (κ1) is 31.4. The summed E-state index contributed by atoms with van der Waals surface area (Å²) < 4.78 is 6.18. The van der Waals surface area contributed by atoms with Gasteiger partial charge in [0, 0.05) is 11.5 Å². The van der Waals surface area contributed by atoms with Gasteiger partial charge in [-0.05, 0) is 127 Å². The lowest BCUT2D eigenvalue weighted by Gasteiger charge is -2.71. The zero-order chi connectivity index (χ0) is 31.9. The van der Waals surface area contributed by atoms with Crippen molar-refractivity contribution in [2.75, 3.05) is 0 Å². The van der Waals surface area contributed by atoms with Gasteiger partial charge >= 0.3 is 11.9 Å². The molecule has 5 nitrogen and oxygen atoms in total. The van der Waals surface area contributed by atoms with Gasteiger partial charge in [-0.25, -0.2) is 4.79 Å². The molecular weight excluding hydrogens is 548 g/mol. The van der Waals surface area contributed by atoms with Crippen LogP contribution in [-0.2, 0) is 14.3 Å². The molecule has 0 heterocycles. The van der Waals surface area contributed by atoms with Gasteiger partial charge in [0.25, 0.3) is 0 Å². The highest BCUT2D eigenvalue weighted by Crippen LogP contribution is 2.75. The van der Waals surface area contributed by atoms with Crippen LogP contribution in [0.3, 0.4) is 0 Å². The van der Waals surface area contributed by atoms with Crippen molar-refractivity contribution in [1.82, 2.24) is 0 Å². The van der Waals surface area contributed by atoms with E-state index in [-0.39, 0.29) is 45.4 Å². The Balaban J connectivity index is 1.27. The van der Waals surface area contributed by atoms with Crippen LogP contribution >= 0.6 is 0 Å². The van der Waals surface area contributed by atoms with Crippen molar-refractivity contribution in [1.29, 1.82) is 0 Å². The number of phenols is 1. The SMILES string of the molecule is C[C@@H]1CC[C@]2(C(=O)O)CC[C@]3(C)C(=CCC4[C@@]5(C)CC[C@H](OC(=O)/C=C/c6ccc(O)cc6)C(C)(C)C5CC[C@]43C)C2[C@H]1C. The fourth-order valence-electron chi connectivity index (χ4n) is 12.0. The number of allylic oxidation sites excluding steroid dienone is 2. The monoisotopic (exact) mass is 602 g/mol. The largest absolute Gasteiger partial charge is 0.508 e. The van der Waals surface area contributed by atoms with Gasteiger partial charge in [0.15, 0.2) is 0 Å². The summed E-state index contributed by atoms with van der Waals surface area (Å²) in [6.07, 6.45) is 14.4. The van der Waals surface area contributed by atoms with E-state index < -0.39 is 11.4 Å². The Kier molecular flexibility index (Phi) is 7.49. The summed E-state index contributed by atoms with van der Waals surface area (Å²) in [5.74, 6) is 1.34. The molecule has 6 rings (SSSR count). The van der Waals surface area contributed by atoms with Crippen molar-refractivity contribution in [3.05, 3.63) is 47.6 Å². The minimum atomic E-state index is -0.609. The molecule has 44 heavy (non-hydrogen) atoms. The first-order valence-electron chi connectivity index (χ1n) is 17.2. The third kappa shape index (κ3) is 4.37. The topological polar surface area (TPSA) is 83.8 Å². The van der Waals surface area contributed by atoms with Crippen molar-refractivity contribution < 1.29 is 24.5 Å². The second kappa shape index (κ2) is 10.5. The first-order chi connectivity index (χ1) is 20.6. The van der Waals surface area contributed by atoms with E-state index in [1.165, 1.54) is 11.6 Å². The number of aromatic hydroxyl groups is 1. The Morgan fingerprint density at radius 2 is 1.59 bits per heavy atom. The van der Waals surface area contributed by atoms with Gasteiger partial charge in [-0.2, -0.15) is 0 Å². The molecule has 0 spiro atoms. The van der Waals surface area contributed by atoms with Crippen molar-refractivity contribution in [3.8, 4) is 5.75 Å². The second-order valence-corrected chi connectivity index (χ2v) is 16.8. The number of carbonyl (C=O) groups is 2. The minimum absolute atomic E-state index is 0.00527. The fourth-order valence-corrected chi connectivity index (χ4v) is 12.0. The average molecular weight is 603 g/mol. The Hall–Kier alpha value is -2.56. The summed E-state index contributed by atoms with van der Waals surface area (Å²) in [6, 6.07) is 6.79. The number of rotatable bonds is 4. The van der Waals surface area contributed by atoms with Gasteiger partial charge in [-0.1, -0.05) is 72.2 Å². The van der Waals surface area contributed by atoms with Crippen molar-refractivity contribution >= 4 is 18.0 Å². The van der Waals surface area contributed by atoms with Gasteiger partial charge in [0.1, 0.15) is 11.9 Å². The van der Waals surface area contributed by atoms with Crippen LogP contribution in [0.5, 0.6) is 5.75 Å². The standard InChI is InChI=1S/C39H54O5/c1-24-16-21-39(34(42)43)23-22-37(6)28(33(39)25(24)2)13-14-30-36(5)19-18-31(35(3,4)29(36)17-20-38(30,37)7)44-32(41)15-10-26-8-11-27(40)12-9-26/h8-13,15,24-25,29-31,33,40H,14,16-23H2,1-7H3,(H,42,43)/b15-10+/t24-,25+,29?,30?,31+,33?,36+,37-,38-,39+/m1/s1. The zero-order valence-corrected chi connectivity index (χ0v) is 28.0. The molecule has 4 fully saturated rings. The van der Waals surface area contributed by atoms with E-state index in [4.69, 9.17) is 4.74 Å². The van der Waals surface area contributed by atoms with E-state index in [1.54, 1.807) is 30.3 Å². The maximum absolute atomic E-state index is 13.0. The molecule has 0 aliphatic heterocycles. The Bertz CT molecular complexity index is 1370. The molecule has 0 saturated heterocycles. The van der Waals surface area contributed by atoms with Crippen LogP contribution in [0.4, 0.5) is 0 Å². The second-order valence-electron chi connectivity index (χ2n) is 16.8. The van der Waals surface area contributed by atoms with Crippen LogP contribution in [0.1, 0.15) is 112 Å². The molecule has 5 aliphatic rings. The Morgan fingerprint density at radius 3 is 2.27 bits per heavy atom. The molecule has 2 N–H and O–H groups in total. The lowest BCUT2D eigenvalue weighted by molar-refractivity contribution is -0.213. The molecule has 0 radical (unpaired) electrons. The molecule has 0 amide bonds. The number of carboxylic acid groups (broad SMARTS) is 1. The average Bonchev–Trinajstić information content (AvgIpc) is 2.96. The molecule has 1 aromatic carbocycles. The van der Waals surface area contributed by atoms with Crippen LogP contribution in [0.2, 0.25) is 0 Å². The van der Waals surface area contributed by atoms with E-state index in [1.807, 2.05) is 0 Å². The molecule has 10 atom stereocenters. The lowest BCUT2D eigenvalue weighted by Crippen LogP contribution is -2.65. The third-order valence-electron chi connectivity index (χ3n) is 14.9. The Labute approximate surface area is 264 Å². The van der Waals surface area contributed by atoms with Gasteiger partial charge in [0.2, 0.25) is 0 Å². The fraction of sp³-hybridized carbons (Fsp3) is 0.692. The number of aliphatic carboxylic acids is 1. The molecule has 3 unspecified atom stereocenters. The van der Waals surface area contributed by atoms with Crippen LogP contribution in [0, 0.1) is 56.7 Å². The number of carbonyl (C=O) groups excluding carboxylic acids is 1. The number of hydrogen-bond donors (Lipinski definition) is 2. The van der Waals surface area contributed by atoms with E-state index in [0.717, 1.165) is 63.4 Å². The van der Waals surface area contributed by atoms with Crippen molar-refractivity contribution in [2.24, 2.45) is 56.7 Å². The smallest absolute Gasteiger partial charge is 0.331 e. The Morgan fingerprint density at radius 1 is 0.886 bits per heavy atom. The van der Waals surface area contributed by atoms with Gasteiger partial charge in [-0.15, -0.1) is 0 Å². The zero-order valence-electron chi connectivity index (χ0n) is 28.0. The predicted molar refractivity (Wildman–Crippen MR) is 174 cm³/mol. The molecule has 5 heteroatoms. The molecule has 0 bridgehead atoms. The number of carboxylic acids is 1. The molecule has 0 aromatic heterocycles. The highest BCUT2D eigenvalue weighted by Gasteiger charge is 2.69. The first-order valence-corrected chi connectivity index (χ1v) is 17.2. The number of hydrogen-bond acceptors (Lipinski definition) is 4. The number of ether oxygens (including phenoxy) is 1. The van der Waals surface area contributed by atoms with E-state index >= 15 is 0 Å². The van der Waals surface area contributed by atoms with Crippen LogP contribution in [0.25, 0.3) is 6.08 Å².